The molecule has 0 spiro atoms. The van der Waals surface area contributed by atoms with Gasteiger partial charge in [0.05, 0.1) is 0 Å². The summed E-state index contributed by atoms with van der Waals surface area (Å²) in [6, 6.07) is 0. The fourth-order valence-electron chi connectivity index (χ4n) is 1.57. The molecule has 0 fully saturated rings. The molecule has 1 aromatic heterocycles. The molecule has 0 saturated carbocycles. The minimum atomic E-state index is -1.31. The number of rotatable bonds is 2. The summed E-state index contributed by atoms with van der Waals surface area (Å²) < 4.78 is 5.86. The lowest BCUT2D eigenvalue weighted by molar-refractivity contribution is 0.583. The molecular weight excluding hydrogens is 191 g/mol. The molecule has 0 aliphatic rings. The lowest BCUT2D eigenvalue weighted by Crippen LogP contribution is -2.03. The zero-order valence-electron chi connectivity index (χ0n) is 9.77. The van der Waals surface area contributed by atoms with Crippen molar-refractivity contribution in [2.45, 2.75) is 20.8 Å². The van der Waals surface area contributed by atoms with Crippen LogP contribution in [-0.2, 0) is 0 Å². The van der Waals surface area contributed by atoms with Gasteiger partial charge in [-0.3, -0.25) is 0 Å². The van der Waals surface area contributed by atoms with E-state index in [1.807, 2.05) is 6.92 Å². The van der Waals surface area contributed by atoms with Gasteiger partial charge in [-0.25, -0.2) is 0 Å². The van der Waals surface area contributed by atoms with Gasteiger partial charge >= 0.3 is 0 Å². The molecule has 0 unspecified atom stereocenters. The van der Waals surface area contributed by atoms with Gasteiger partial charge in [0.15, 0.2) is 0 Å². The zero-order chi connectivity index (χ0) is 11.1. The summed E-state index contributed by atoms with van der Waals surface area (Å²) >= 11 is 0. The minimum absolute atomic E-state index is 0.939. The Morgan fingerprint density at radius 3 is 1.93 bits per heavy atom. The second kappa shape index (κ2) is 3.47. The van der Waals surface area contributed by atoms with E-state index in [0.717, 1.165) is 16.8 Å². The van der Waals surface area contributed by atoms with Gasteiger partial charge in [0, 0.05) is 0 Å². The molecule has 1 rings (SSSR count). The van der Waals surface area contributed by atoms with Crippen molar-refractivity contribution in [1.29, 1.82) is 0 Å². The van der Waals surface area contributed by atoms with Gasteiger partial charge in [0.2, 0.25) is 0 Å². The largest absolute Gasteiger partial charge is 0.456 e. The van der Waals surface area contributed by atoms with Gasteiger partial charge in [-0.05, 0) is 50.8 Å². The van der Waals surface area contributed by atoms with Crippen molar-refractivity contribution in [1.82, 2.24) is 0 Å². The van der Waals surface area contributed by atoms with Crippen LogP contribution < -0.4 is 5.50 Å². The number of hydrogen-bond donors (Lipinski definition) is 0. The molecule has 1 nitrogen and oxygen atoms in total. The molecule has 0 atom stereocenters. The van der Waals surface area contributed by atoms with Crippen LogP contribution in [0.1, 0.15) is 23.8 Å². The second-order valence-corrected chi connectivity index (χ2v) is 8.23. The molecule has 0 bridgehead atoms. The van der Waals surface area contributed by atoms with Crippen LogP contribution in [0.2, 0.25) is 0 Å². The standard InChI is InChI=1S/C12H19OP/c1-8(2)11-9(3)10(4)12(13-11)14(5,6)7/h1,5H2,2-4,6-7H3. The first-order valence-electron chi connectivity index (χ1n) is 4.70. The Morgan fingerprint density at radius 1 is 1.21 bits per heavy atom. The van der Waals surface area contributed by atoms with Gasteiger partial charge in [0.25, 0.3) is 0 Å². The third-order valence-corrected chi connectivity index (χ3v) is 3.89. The summed E-state index contributed by atoms with van der Waals surface area (Å²) in [5, 5.41) is 0. The van der Waals surface area contributed by atoms with E-state index in [9.17, 15) is 0 Å². The number of furan rings is 1. The van der Waals surface area contributed by atoms with Crippen molar-refractivity contribution in [3.63, 3.8) is 0 Å². The maximum Gasteiger partial charge on any atom is 0.133 e. The molecule has 1 heterocycles. The van der Waals surface area contributed by atoms with E-state index in [4.69, 9.17) is 4.42 Å². The maximum atomic E-state index is 5.86. The van der Waals surface area contributed by atoms with Crippen molar-refractivity contribution < 1.29 is 4.42 Å². The van der Waals surface area contributed by atoms with E-state index in [1.54, 1.807) is 0 Å². The van der Waals surface area contributed by atoms with Crippen LogP contribution in [0.5, 0.6) is 0 Å². The predicted octanol–water partition coefficient (Wildman–Crippen LogP) is 3.26. The number of allylic oxidation sites excluding steroid dienone is 1. The third kappa shape index (κ3) is 1.88. The average molecular weight is 210 g/mol. The Labute approximate surface area is 86.8 Å². The van der Waals surface area contributed by atoms with E-state index in [1.165, 1.54) is 11.1 Å². The molecule has 0 radical (unpaired) electrons. The third-order valence-electron chi connectivity index (χ3n) is 2.36. The van der Waals surface area contributed by atoms with Gasteiger partial charge in [-0.15, -0.1) is 0 Å². The van der Waals surface area contributed by atoms with Crippen LogP contribution in [-0.4, -0.2) is 19.6 Å². The molecule has 14 heavy (non-hydrogen) atoms. The van der Waals surface area contributed by atoms with Gasteiger partial charge in [-0.1, -0.05) is 19.8 Å². The second-order valence-electron chi connectivity index (χ2n) is 4.45. The highest BCUT2D eigenvalue weighted by molar-refractivity contribution is 7.79. The fraction of sp³-hybridized carbons (Fsp3) is 0.417. The smallest absolute Gasteiger partial charge is 0.133 e. The summed E-state index contributed by atoms with van der Waals surface area (Å²) in [5.74, 6) is 0.939. The van der Waals surface area contributed by atoms with Crippen molar-refractivity contribution in [3.05, 3.63) is 23.5 Å². The Kier molecular flexibility index (Phi) is 2.83. The highest BCUT2D eigenvalue weighted by Gasteiger charge is 2.18. The predicted molar refractivity (Wildman–Crippen MR) is 68.4 cm³/mol. The summed E-state index contributed by atoms with van der Waals surface area (Å²) in [6.45, 7) is 13.1. The van der Waals surface area contributed by atoms with E-state index in [-0.39, 0.29) is 0 Å². The fourth-order valence-corrected chi connectivity index (χ4v) is 2.98. The normalized spacial score (nSPS) is 11.8. The molecule has 0 aliphatic heterocycles. The summed E-state index contributed by atoms with van der Waals surface area (Å²) in [6.07, 6.45) is 4.20. The van der Waals surface area contributed by atoms with E-state index in [0.29, 0.717) is 0 Å². The first-order valence-corrected chi connectivity index (χ1v) is 7.56. The van der Waals surface area contributed by atoms with Crippen LogP contribution in [0.4, 0.5) is 0 Å². The van der Waals surface area contributed by atoms with Crippen LogP contribution in [0, 0.1) is 13.8 Å². The SMILES string of the molecule is C=C(C)c1oc(P(=C)(C)C)c(C)c1C. The quantitative estimate of drug-likeness (QED) is 0.683. The van der Waals surface area contributed by atoms with Crippen molar-refractivity contribution in [3.8, 4) is 0 Å². The Morgan fingerprint density at radius 2 is 1.71 bits per heavy atom. The highest BCUT2D eigenvalue weighted by atomic mass is 31.2. The maximum absolute atomic E-state index is 5.86. The van der Waals surface area contributed by atoms with Gasteiger partial charge in [0.1, 0.15) is 11.3 Å². The number of hydrogen-bond acceptors (Lipinski definition) is 1. The van der Waals surface area contributed by atoms with Crippen LogP contribution in [0.3, 0.4) is 0 Å². The summed E-state index contributed by atoms with van der Waals surface area (Å²) in [7, 11) is 0. The lowest BCUT2D eigenvalue weighted by atomic mass is 10.1. The highest BCUT2D eigenvalue weighted by Crippen LogP contribution is 2.38. The Balaban J connectivity index is 3.44. The van der Waals surface area contributed by atoms with Crippen molar-refractivity contribution in [2.24, 2.45) is 0 Å². The average Bonchev–Trinajstić information content (AvgIpc) is 2.28. The summed E-state index contributed by atoms with van der Waals surface area (Å²) in [4.78, 5) is 0. The van der Waals surface area contributed by atoms with Crippen LogP contribution in [0.15, 0.2) is 11.0 Å². The lowest BCUT2D eigenvalue weighted by Gasteiger charge is -2.09. The Hall–Kier alpha value is -0.680. The Bertz CT molecular complexity index is 418. The van der Waals surface area contributed by atoms with Gasteiger partial charge < -0.3 is 4.42 Å². The van der Waals surface area contributed by atoms with Crippen LogP contribution in [0.25, 0.3) is 5.57 Å². The van der Waals surface area contributed by atoms with E-state index in [2.05, 4.69) is 40.1 Å². The molecule has 0 saturated heterocycles. The first-order chi connectivity index (χ1) is 6.25. The van der Waals surface area contributed by atoms with Crippen molar-refractivity contribution >= 4 is 24.3 Å². The monoisotopic (exact) mass is 210 g/mol. The molecule has 0 aliphatic carbocycles. The van der Waals surface area contributed by atoms with Crippen LogP contribution >= 0.6 is 6.89 Å². The zero-order valence-corrected chi connectivity index (χ0v) is 10.7. The summed E-state index contributed by atoms with van der Waals surface area (Å²) in [5.41, 5.74) is 4.53. The molecule has 1 aromatic rings. The van der Waals surface area contributed by atoms with E-state index >= 15 is 0 Å². The molecule has 0 amide bonds. The van der Waals surface area contributed by atoms with Crippen molar-refractivity contribution in [2.75, 3.05) is 13.3 Å². The van der Waals surface area contributed by atoms with Gasteiger partial charge in [-0.2, -0.15) is 0 Å². The van der Waals surface area contributed by atoms with E-state index < -0.39 is 6.89 Å². The molecule has 78 valence electrons. The topological polar surface area (TPSA) is 13.1 Å². The molecule has 0 N–H and O–H groups in total. The first kappa shape index (κ1) is 11.4. The molecular formula is C12H19OP. The minimum Gasteiger partial charge on any atom is -0.456 e. The molecule has 2 heteroatoms. The molecule has 0 aromatic carbocycles.